The molecule has 3 N–H and O–H groups in total. The second kappa shape index (κ2) is 3.20. The van der Waals surface area contributed by atoms with Crippen molar-refractivity contribution in [1.82, 2.24) is 0 Å². The minimum atomic E-state index is -0.977. The van der Waals surface area contributed by atoms with Crippen LogP contribution < -0.4 is 5.73 Å². The van der Waals surface area contributed by atoms with Crippen molar-refractivity contribution < 1.29 is 14.7 Å². The molecule has 4 heteroatoms. The average molecular weight is 185 g/mol. The Kier molecular flexibility index (Phi) is 2.54. The predicted octanol–water partition coefficient (Wildman–Crippen LogP) is -0.367. The first-order valence-corrected chi connectivity index (χ1v) is 4.36. The van der Waals surface area contributed by atoms with Crippen LogP contribution in [0.3, 0.4) is 0 Å². The molecule has 1 aliphatic carbocycles. The number of aliphatic hydroxyl groups is 1. The lowest BCUT2D eigenvalue weighted by Crippen LogP contribution is -2.35. The zero-order chi connectivity index (χ0) is 10.2. The van der Waals surface area contributed by atoms with E-state index < -0.39 is 17.6 Å². The molecule has 74 valence electrons. The van der Waals surface area contributed by atoms with E-state index in [0.717, 1.165) is 0 Å². The molecule has 1 aliphatic rings. The van der Waals surface area contributed by atoms with E-state index in [4.69, 9.17) is 5.73 Å². The fourth-order valence-corrected chi connectivity index (χ4v) is 1.36. The molecule has 0 aromatic heterocycles. The summed E-state index contributed by atoms with van der Waals surface area (Å²) in [5.41, 5.74) is 4.55. The average Bonchev–Trinajstić information content (AvgIpc) is 2.06. The Bertz CT molecular complexity index is 223. The first-order valence-electron chi connectivity index (χ1n) is 4.36. The summed E-state index contributed by atoms with van der Waals surface area (Å²) in [5.74, 6) is -0.403. The number of carbonyl (C=O) groups excluding carboxylic acids is 2. The normalized spacial score (nSPS) is 34.5. The zero-order valence-electron chi connectivity index (χ0n) is 7.91. The van der Waals surface area contributed by atoms with Gasteiger partial charge in [0.05, 0.1) is 11.5 Å². The maximum absolute atomic E-state index is 11.5. The van der Waals surface area contributed by atoms with Crippen molar-refractivity contribution in [3.8, 4) is 0 Å². The van der Waals surface area contributed by atoms with Gasteiger partial charge in [-0.1, -0.05) is 0 Å². The van der Waals surface area contributed by atoms with Crippen molar-refractivity contribution in [2.75, 3.05) is 0 Å². The number of Topliss-reactive ketones (excluding diaryl/α,β-unsaturated/α-hetero) is 2. The fraction of sp³-hybridized carbons (Fsp3) is 0.778. The van der Waals surface area contributed by atoms with Gasteiger partial charge in [-0.3, -0.25) is 9.59 Å². The second-order valence-corrected chi connectivity index (χ2v) is 4.11. The van der Waals surface area contributed by atoms with Crippen molar-refractivity contribution in [3.05, 3.63) is 0 Å². The van der Waals surface area contributed by atoms with Gasteiger partial charge in [0.2, 0.25) is 0 Å². The van der Waals surface area contributed by atoms with Crippen molar-refractivity contribution in [2.24, 2.45) is 11.1 Å². The first-order chi connectivity index (χ1) is 5.85. The van der Waals surface area contributed by atoms with Gasteiger partial charge in [0.1, 0.15) is 11.6 Å². The number of aliphatic hydroxyl groups excluding tert-OH is 1. The summed E-state index contributed by atoms with van der Waals surface area (Å²) in [6.07, 6.45) is -0.807. The number of ketones is 2. The van der Waals surface area contributed by atoms with Crippen LogP contribution in [0.15, 0.2) is 0 Å². The van der Waals surface area contributed by atoms with E-state index in [9.17, 15) is 14.7 Å². The third-order valence-corrected chi connectivity index (χ3v) is 2.70. The summed E-state index contributed by atoms with van der Waals surface area (Å²) in [6, 6.07) is -0.599. The van der Waals surface area contributed by atoms with Crippen LogP contribution >= 0.6 is 0 Å². The molecule has 2 atom stereocenters. The molecule has 13 heavy (non-hydrogen) atoms. The summed E-state index contributed by atoms with van der Waals surface area (Å²) in [4.78, 5) is 23.0. The lowest BCUT2D eigenvalue weighted by molar-refractivity contribution is -0.137. The molecule has 0 radical (unpaired) electrons. The minimum absolute atomic E-state index is 0.0140. The molecule has 0 aliphatic heterocycles. The second-order valence-electron chi connectivity index (χ2n) is 4.11. The van der Waals surface area contributed by atoms with Gasteiger partial charge in [-0.25, -0.2) is 0 Å². The lowest BCUT2D eigenvalue weighted by Gasteiger charge is -2.18. The van der Waals surface area contributed by atoms with E-state index in [2.05, 4.69) is 0 Å². The van der Waals surface area contributed by atoms with Crippen molar-refractivity contribution in [2.45, 2.75) is 38.8 Å². The van der Waals surface area contributed by atoms with Crippen LogP contribution in [-0.4, -0.2) is 28.8 Å². The van der Waals surface area contributed by atoms with Crippen LogP contribution in [0.25, 0.3) is 0 Å². The topological polar surface area (TPSA) is 80.4 Å². The van der Waals surface area contributed by atoms with Crippen molar-refractivity contribution in [1.29, 1.82) is 0 Å². The lowest BCUT2D eigenvalue weighted by atomic mass is 9.82. The molecule has 0 heterocycles. The van der Waals surface area contributed by atoms with Gasteiger partial charge in [0, 0.05) is 18.9 Å². The van der Waals surface area contributed by atoms with Gasteiger partial charge in [-0.05, 0) is 13.8 Å². The highest BCUT2D eigenvalue weighted by atomic mass is 16.3. The highest BCUT2D eigenvalue weighted by Crippen LogP contribution is 2.27. The Morgan fingerprint density at radius 1 is 1.31 bits per heavy atom. The number of carbonyl (C=O) groups is 2. The molecular weight excluding hydrogens is 170 g/mol. The van der Waals surface area contributed by atoms with Gasteiger partial charge in [-0.15, -0.1) is 0 Å². The molecule has 0 spiro atoms. The molecule has 0 bridgehead atoms. The molecule has 0 aromatic rings. The molecule has 0 saturated heterocycles. The molecule has 1 rings (SSSR count). The molecule has 0 aromatic carbocycles. The summed E-state index contributed by atoms with van der Waals surface area (Å²) < 4.78 is 0. The van der Waals surface area contributed by atoms with Crippen molar-refractivity contribution in [3.63, 3.8) is 0 Å². The molecular formula is C9H15NO3. The standard InChI is InChI=1S/C9H15NO3/c1-9(2)7(12)3-5(10)6(11)4-8(9)13/h5-6,11H,3-4,10H2,1-2H3. The Labute approximate surface area is 77.1 Å². The number of hydrogen-bond donors (Lipinski definition) is 2. The monoisotopic (exact) mass is 185 g/mol. The number of nitrogens with two attached hydrogens (primary N) is 1. The molecule has 4 nitrogen and oxygen atoms in total. The molecule has 1 saturated carbocycles. The fourth-order valence-electron chi connectivity index (χ4n) is 1.36. The number of rotatable bonds is 0. The summed E-state index contributed by atoms with van der Waals surface area (Å²) in [6.45, 7) is 3.17. The Hall–Kier alpha value is -0.740. The quantitative estimate of drug-likeness (QED) is 0.398. The van der Waals surface area contributed by atoms with E-state index in [-0.39, 0.29) is 24.4 Å². The van der Waals surface area contributed by atoms with E-state index in [0.29, 0.717) is 0 Å². The minimum Gasteiger partial charge on any atom is -0.391 e. The third kappa shape index (κ3) is 1.78. The first kappa shape index (κ1) is 10.3. The van der Waals surface area contributed by atoms with Crippen LogP contribution in [-0.2, 0) is 9.59 Å². The van der Waals surface area contributed by atoms with Gasteiger partial charge < -0.3 is 10.8 Å². The number of hydrogen-bond acceptors (Lipinski definition) is 4. The molecule has 2 unspecified atom stereocenters. The largest absolute Gasteiger partial charge is 0.391 e. The smallest absolute Gasteiger partial charge is 0.148 e. The van der Waals surface area contributed by atoms with Crippen LogP contribution in [0.5, 0.6) is 0 Å². The van der Waals surface area contributed by atoms with Crippen LogP contribution in [0.2, 0.25) is 0 Å². The van der Waals surface area contributed by atoms with E-state index in [1.165, 1.54) is 0 Å². The summed E-state index contributed by atoms with van der Waals surface area (Å²) >= 11 is 0. The SMILES string of the molecule is CC1(C)C(=O)CC(N)C(O)CC1=O. The maximum Gasteiger partial charge on any atom is 0.148 e. The van der Waals surface area contributed by atoms with Gasteiger partial charge in [-0.2, -0.15) is 0 Å². The predicted molar refractivity (Wildman–Crippen MR) is 47.0 cm³/mol. The Balaban J connectivity index is 2.94. The highest BCUT2D eigenvalue weighted by Gasteiger charge is 2.41. The van der Waals surface area contributed by atoms with Crippen LogP contribution in [0.1, 0.15) is 26.7 Å². The van der Waals surface area contributed by atoms with E-state index in [1.807, 2.05) is 0 Å². The highest BCUT2D eigenvalue weighted by molar-refractivity contribution is 6.07. The summed E-state index contributed by atoms with van der Waals surface area (Å²) in [5, 5.41) is 9.38. The van der Waals surface area contributed by atoms with E-state index >= 15 is 0 Å². The van der Waals surface area contributed by atoms with Crippen LogP contribution in [0, 0.1) is 5.41 Å². The van der Waals surface area contributed by atoms with Crippen molar-refractivity contribution >= 4 is 11.6 Å². The Morgan fingerprint density at radius 2 is 1.77 bits per heavy atom. The zero-order valence-corrected chi connectivity index (χ0v) is 7.91. The molecule has 0 amide bonds. The summed E-state index contributed by atoms with van der Waals surface area (Å²) in [7, 11) is 0. The maximum atomic E-state index is 11.5. The van der Waals surface area contributed by atoms with Gasteiger partial charge in [0.15, 0.2) is 0 Å². The molecule has 1 fully saturated rings. The van der Waals surface area contributed by atoms with Gasteiger partial charge in [0.25, 0.3) is 0 Å². The van der Waals surface area contributed by atoms with Crippen LogP contribution in [0.4, 0.5) is 0 Å². The third-order valence-electron chi connectivity index (χ3n) is 2.70. The van der Waals surface area contributed by atoms with Gasteiger partial charge >= 0.3 is 0 Å². The van der Waals surface area contributed by atoms with E-state index in [1.54, 1.807) is 13.8 Å². The Morgan fingerprint density at radius 3 is 2.31 bits per heavy atom.